The van der Waals surface area contributed by atoms with Crippen molar-refractivity contribution in [2.45, 2.75) is 123 Å². The van der Waals surface area contributed by atoms with Gasteiger partial charge < -0.3 is 30.7 Å². The molecule has 0 radical (unpaired) electrons. The van der Waals surface area contributed by atoms with Gasteiger partial charge in [0.15, 0.2) is 0 Å². The maximum atomic E-state index is 14.3. The number of amides is 4. The van der Waals surface area contributed by atoms with Gasteiger partial charge >= 0.3 is 12.1 Å². The summed E-state index contributed by atoms with van der Waals surface area (Å²) in [4.78, 5) is 68.7. The number of rotatable bonds is 18. The highest BCUT2D eigenvalue weighted by molar-refractivity contribution is 5.93. The fourth-order valence-corrected chi connectivity index (χ4v) is 6.20. The van der Waals surface area contributed by atoms with E-state index in [2.05, 4.69) is 21.3 Å². The van der Waals surface area contributed by atoms with Gasteiger partial charge in [0, 0.05) is 0 Å². The van der Waals surface area contributed by atoms with Gasteiger partial charge in [0.2, 0.25) is 17.7 Å². The number of carbonyl (C=O) groups excluding carboxylic acids is 5. The standard InChI is InChI=1S/C44H60N4O7/c1-10-21-33(35(31-25-17-13-18-26-31)45-40(52)44(8,9)48-41(53)55-42(3,4)5)37(49)47-43(6,7)39(51)46-36(32-27-19-14-20-28-32)34(22-11-2)38(50)54-29-30-23-15-12-16-24-30/h12-20,23-28,33-36H,10-11,21-22,29H2,1-9H3,(H,45,52)(H,46,51)(H,47,49)(H,48,53)/t33-,34-,35+,36+/m1/s1. The van der Waals surface area contributed by atoms with Gasteiger partial charge in [0.05, 0.1) is 23.9 Å². The lowest BCUT2D eigenvalue weighted by Gasteiger charge is -2.35. The van der Waals surface area contributed by atoms with E-state index in [9.17, 15) is 24.0 Å². The van der Waals surface area contributed by atoms with Crippen molar-refractivity contribution in [2.24, 2.45) is 11.8 Å². The largest absolute Gasteiger partial charge is 0.461 e. The molecule has 0 spiro atoms. The molecular weight excluding hydrogens is 697 g/mol. The van der Waals surface area contributed by atoms with Crippen LogP contribution in [0.15, 0.2) is 91.0 Å². The SMILES string of the molecule is CCC[C@@H](C(=O)NC(C)(C)C(=O)N[C@@H](c1ccccc1)[C@@H](CCC)C(=O)OCc1ccccc1)[C@@H](NC(=O)C(C)(C)NC(=O)OC(C)(C)C)c1ccccc1. The molecule has 3 aromatic rings. The summed E-state index contributed by atoms with van der Waals surface area (Å²) in [7, 11) is 0. The average Bonchev–Trinajstić information content (AvgIpc) is 3.13. The summed E-state index contributed by atoms with van der Waals surface area (Å²) in [5.41, 5.74) is -1.35. The van der Waals surface area contributed by atoms with E-state index >= 15 is 0 Å². The minimum Gasteiger partial charge on any atom is -0.461 e. The van der Waals surface area contributed by atoms with E-state index in [0.29, 0.717) is 31.2 Å². The van der Waals surface area contributed by atoms with E-state index in [1.807, 2.05) is 105 Å². The van der Waals surface area contributed by atoms with Crippen LogP contribution in [0.4, 0.5) is 4.79 Å². The van der Waals surface area contributed by atoms with Crippen LogP contribution < -0.4 is 21.3 Å². The maximum Gasteiger partial charge on any atom is 0.408 e. The Labute approximate surface area is 326 Å². The Morgan fingerprint density at radius 2 is 1.00 bits per heavy atom. The Morgan fingerprint density at radius 1 is 0.582 bits per heavy atom. The second-order valence-corrected chi connectivity index (χ2v) is 16.0. The van der Waals surface area contributed by atoms with Crippen LogP contribution >= 0.6 is 0 Å². The minimum atomic E-state index is -1.44. The summed E-state index contributed by atoms with van der Waals surface area (Å²) < 4.78 is 11.2. The normalized spacial score (nSPS) is 14.0. The molecule has 0 fully saturated rings. The predicted molar refractivity (Wildman–Crippen MR) is 213 cm³/mol. The number of hydrogen-bond donors (Lipinski definition) is 4. The number of nitrogens with one attached hydrogen (secondary N) is 4. The Balaban J connectivity index is 1.88. The first-order valence-electron chi connectivity index (χ1n) is 19.1. The fraction of sp³-hybridized carbons (Fsp3) is 0.477. The Morgan fingerprint density at radius 3 is 1.45 bits per heavy atom. The predicted octanol–water partition coefficient (Wildman–Crippen LogP) is 7.48. The number of benzene rings is 3. The molecule has 0 aliphatic carbocycles. The summed E-state index contributed by atoms with van der Waals surface area (Å²) >= 11 is 0. The summed E-state index contributed by atoms with van der Waals surface area (Å²) in [6.07, 6.45) is 1.35. The van der Waals surface area contributed by atoms with Gasteiger partial charge in [-0.15, -0.1) is 0 Å². The molecule has 0 heterocycles. The van der Waals surface area contributed by atoms with Crippen LogP contribution in [-0.2, 0) is 35.3 Å². The van der Waals surface area contributed by atoms with Crippen LogP contribution in [0.25, 0.3) is 0 Å². The first kappa shape index (κ1) is 44.2. The molecule has 11 nitrogen and oxygen atoms in total. The maximum absolute atomic E-state index is 14.3. The van der Waals surface area contributed by atoms with Crippen LogP contribution in [-0.4, -0.2) is 46.5 Å². The van der Waals surface area contributed by atoms with Crippen molar-refractivity contribution in [2.75, 3.05) is 0 Å². The van der Waals surface area contributed by atoms with Crippen LogP contribution in [0, 0.1) is 11.8 Å². The van der Waals surface area contributed by atoms with Crippen molar-refractivity contribution in [3.05, 3.63) is 108 Å². The summed E-state index contributed by atoms with van der Waals surface area (Å²) in [6.45, 7) is 15.5. The smallest absolute Gasteiger partial charge is 0.408 e. The van der Waals surface area contributed by atoms with Gasteiger partial charge in [-0.05, 0) is 78.0 Å². The number of hydrogen-bond acceptors (Lipinski definition) is 7. The number of esters is 1. The van der Waals surface area contributed by atoms with Crippen molar-refractivity contribution in [1.29, 1.82) is 0 Å². The molecule has 0 unspecified atom stereocenters. The molecule has 3 rings (SSSR count). The molecule has 3 aromatic carbocycles. The van der Waals surface area contributed by atoms with Crippen molar-refractivity contribution >= 4 is 29.8 Å². The first-order chi connectivity index (χ1) is 25.9. The van der Waals surface area contributed by atoms with Crippen LogP contribution in [0.2, 0.25) is 0 Å². The van der Waals surface area contributed by atoms with Gasteiger partial charge in [-0.2, -0.15) is 0 Å². The Kier molecular flexibility index (Phi) is 16.0. The molecule has 0 bridgehead atoms. The fourth-order valence-electron chi connectivity index (χ4n) is 6.20. The van der Waals surface area contributed by atoms with Gasteiger partial charge in [-0.25, -0.2) is 4.79 Å². The van der Waals surface area contributed by atoms with E-state index in [4.69, 9.17) is 9.47 Å². The summed E-state index contributed by atoms with van der Waals surface area (Å²) in [5.74, 6) is -3.40. The topological polar surface area (TPSA) is 152 Å². The molecule has 0 aromatic heterocycles. The van der Waals surface area contributed by atoms with E-state index < -0.39 is 70.4 Å². The van der Waals surface area contributed by atoms with Crippen molar-refractivity contribution in [3.8, 4) is 0 Å². The molecule has 4 atom stereocenters. The first-order valence-corrected chi connectivity index (χ1v) is 19.1. The van der Waals surface area contributed by atoms with Crippen LogP contribution in [0.5, 0.6) is 0 Å². The van der Waals surface area contributed by atoms with Gasteiger partial charge in [-0.1, -0.05) is 118 Å². The quantitative estimate of drug-likeness (QED) is 0.0983. The monoisotopic (exact) mass is 756 g/mol. The van der Waals surface area contributed by atoms with Crippen molar-refractivity contribution < 1.29 is 33.4 Å². The molecule has 0 aliphatic rings. The highest BCUT2D eigenvalue weighted by Crippen LogP contribution is 2.31. The van der Waals surface area contributed by atoms with Gasteiger partial charge in [0.1, 0.15) is 23.3 Å². The Hall–Kier alpha value is -5.19. The van der Waals surface area contributed by atoms with E-state index in [1.54, 1.807) is 48.5 Å². The zero-order valence-corrected chi connectivity index (χ0v) is 33.9. The molecule has 0 saturated carbocycles. The number of alkyl carbamates (subject to hydrolysis) is 1. The molecular formula is C44H60N4O7. The van der Waals surface area contributed by atoms with Crippen molar-refractivity contribution in [3.63, 3.8) is 0 Å². The molecule has 0 aliphatic heterocycles. The van der Waals surface area contributed by atoms with Gasteiger partial charge in [0.25, 0.3) is 0 Å². The van der Waals surface area contributed by atoms with Gasteiger partial charge in [-0.3, -0.25) is 19.2 Å². The summed E-state index contributed by atoms with van der Waals surface area (Å²) in [6, 6.07) is 26.2. The van der Waals surface area contributed by atoms with Crippen molar-refractivity contribution in [1.82, 2.24) is 21.3 Å². The third kappa shape index (κ3) is 13.6. The highest BCUT2D eigenvalue weighted by Gasteiger charge is 2.41. The summed E-state index contributed by atoms with van der Waals surface area (Å²) in [5, 5.41) is 11.7. The van der Waals surface area contributed by atoms with E-state index in [-0.39, 0.29) is 6.61 Å². The minimum absolute atomic E-state index is 0.100. The number of carbonyl (C=O) groups is 5. The lowest BCUT2D eigenvalue weighted by atomic mass is 9.86. The zero-order chi connectivity index (χ0) is 40.8. The molecule has 0 saturated heterocycles. The third-order valence-electron chi connectivity index (χ3n) is 9.14. The van der Waals surface area contributed by atoms with E-state index in [1.165, 1.54) is 0 Å². The molecule has 55 heavy (non-hydrogen) atoms. The molecule has 298 valence electrons. The van der Waals surface area contributed by atoms with Crippen LogP contribution in [0.3, 0.4) is 0 Å². The molecule has 4 amide bonds. The lowest BCUT2D eigenvalue weighted by Crippen LogP contribution is -2.59. The second kappa shape index (κ2) is 19.9. The van der Waals surface area contributed by atoms with E-state index in [0.717, 1.165) is 11.1 Å². The highest BCUT2D eigenvalue weighted by atomic mass is 16.6. The number of ether oxygens (including phenoxy) is 2. The average molecular weight is 757 g/mol. The molecule has 4 N–H and O–H groups in total. The zero-order valence-electron chi connectivity index (χ0n) is 33.9. The third-order valence-corrected chi connectivity index (χ3v) is 9.14. The van der Waals surface area contributed by atoms with Crippen LogP contribution in [0.1, 0.15) is 117 Å². The lowest BCUT2D eigenvalue weighted by molar-refractivity contribution is -0.152. The molecule has 11 heteroatoms. The second-order valence-electron chi connectivity index (χ2n) is 16.0. The Bertz CT molecular complexity index is 1710.